The SMILES string of the molecule is C=COCCCCCCCCCCCOc1ccc(-c2ccc(CCc3ccc4c(c3)OCCOCCOCCOCCO4)cc2)cc1. The first kappa shape index (κ1) is 37.3. The summed E-state index contributed by atoms with van der Waals surface area (Å²) in [5.74, 6) is 2.41. The quantitative estimate of drug-likeness (QED) is 0.0997. The van der Waals surface area contributed by atoms with Crippen LogP contribution in [0.5, 0.6) is 17.2 Å². The predicted octanol–water partition coefficient (Wildman–Crippen LogP) is 9.01. The zero-order chi connectivity index (χ0) is 33.3. The van der Waals surface area contributed by atoms with Crippen molar-refractivity contribution in [3.05, 3.63) is 90.7 Å². The summed E-state index contributed by atoms with van der Waals surface area (Å²) >= 11 is 0. The Labute approximate surface area is 288 Å². The number of aryl methyl sites for hydroxylation is 2. The van der Waals surface area contributed by atoms with Gasteiger partial charge >= 0.3 is 0 Å². The predicted molar refractivity (Wildman–Crippen MR) is 192 cm³/mol. The molecule has 48 heavy (non-hydrogen) atoms. The molecule has 0 unspecified atom stereocenters. The monoisotopic (exact) mass is 660 g/mol. The molecular formula is C41H56O7. The third-order valence-corrected chi connectivity index (χ3v) is 8.36. The largest absolute Gasteiger partial charge is 0.502 e. The van der Waals surface area contributed by atoms with Crippen LogP contribution in [0.3, 0.4) is 0 Å². The summed E-state index contributed by atoms with van der Waals surface area (Å²) in [5.41, 5.74) is 4.91. The highest BCUT2D eigenvalue weighted by Crippen LogP contribution is 2.30. The number of unbranched alkanes of at least 4 members (excludes halogenated alkanes) is 8. The van der Waals surface area contributed by atoms with Crippen LogP contribution in [-0.2, 0) is 31.8 Å². The van der Waals surface area contributed by atoms with E-state index in [0.29, 0.717) is 52.9 Å². The fourth-order valence-corrected chi connectivity index (χ4v) is 5.60. The molecule has 7 nitrogen and oxygen atoms in total. The molecular weight excluding hydrogens is 604 g/mol. The average molecular weight is 661 g/mol. The first-order valence-electron chi connectivity index (χ1n) is 18.0. The molecule has 0 radical (unpaired) electrons. The van der Waals surface area contributed by atoms with E-state index in [9.17, 15) is 0 Å². The summed E-state index contributed by atoms with van der Waals surface area (Å²) in [6, 6.07) is 23.5. The summed E-state index contributed by atoms with van der Waals surface area (Å²) in [6.45, 7) is 9.28. The molecule has 0 saturated heterocycles. The van der Waals surface area contributed by atoms with Crippen molar-refractivity contribution in [2.24, 2.45) is 0 Å². The molecule has 0 aromatic heterocycles. The first-order chi connectivity index (χ1) is 23.8. The molecule has 0 saturated carbocycles. The first-order valence-corrected chi connectivity index (χ1v) is 18.0. The van der Waals surface area contributed by atoms with E-state index in [1.165, 1.54) is 73.5 Å². The van der Waals surface area contributed by atoms with Crippen molar-refractivity contribution in [3.8, 4) is 28.4 Å². The maximum atomic E-state index is 6.05. The fourth-order valence-electron chi connectivity index (χ4n) is 5.60. The van der Waals surface area contributed by atoms with E-state index in [1.807, 2.05) is 6.07 Å². The van der Waals surface area contributed by atoms with Crippen LogP contribution in [0.2, 0.25) is 0 Å². The number of hydrogen-bond donors (Lipinski definition) is 0. The highest BCUT2D eigenvalue weighted by molar-refractivity contribution is 5.64. The van der Waals surface area contributed by atoms with Crippen LogP contribution in [0.4, 0.5) is 0 Å². The summed E-state index contributed by atoms with van der Waals surface area (Å²) in [7, 11) is 0. The van der Waals surface area contributed by atoms with Crippen molar-refractivity contribution in [2.75, 3.05) is 66.1 Å². The lowest BCUT2D eigenvalue weighted by Crippen LogP contribution is -2.13. The Bertz CT molecular complexity index is 1260. The molecule has 0 fully saturated rings. The van der Waals surface area contributed by atoms with Crippen molar-refractivity contribution in [1.29, 1.82) is 0 Å². The van der Waals surface area contributed by atoms with E-state index in [1.54, 1.807) is 0 Å². The van der Waals surface area contributed by atoms with Crippen molar-refractivity contribution < 1.29 is 33.2 Å². The Kier molecular flexibility index (Phi) is 18.5. The van der Waals surface area contributed by atoms with Gasteiger partial charge in [0.05, 0.1) is 59.1 Å². The molecule has 3 aromatic carbocycles. The number of ether oxygens (including phenoxy) is 7. The number of benzene rings is 3. The van der Waals surface area contributed by atoms with E-state index in [2.05, 4.69) is 67.2 Å². The minimum atomic E-state index is 0.458. The van der Waals surface area contributed by atoms with Crippen molar-refractivity contribution in [3.63, 3.8) is 0 Å². The molecule has 0 bridgehead atoms. The lowest BCUT2D eigenvalue weighted by molar-refractivity contribution is 0.00708. The smallest absolute Gasteiger partial charge is 0.161 e. The van der Waals surface area contributed by atoms with Crippen LogP contribution in [0.15, 0.2) is 79.6 Å². The van der Waals surface area contributed by atoms with Gasteiger partial charge in [0.2, 0.25) is 0 Å². The summed E-state index contributed by atoms with van der Waals surface area (Å²) in [5, 5.41) is 0. The van der Waals surface area contributed by atoms with Crippen LogP contribution in [0.1, 0.15) is 68.9 Å². The molecule has 1 aliphatic rings. The second-order valence-corrected chi connectivity index (χ2v) is 12.1. The fraction of sp³-hybridized carbons (Fsp3) is 0.512. The summed E-state index contributed by atoms with van der Waals surface area (Å²) < 4.78 is 39.9. The van der Waals surface area contributed by atoms with Gasteiger partial charge in [-0.25, -0.2) is 0 Å². The van der Waals surface area contributed by atoms with Gasteiger partial charge in [-0.2, -0.15) is 0 Å². The third kappa shape index (κ3) is 15.1. The maximum Gasteiger partial charge on any atom is 0.161 e. The molecule has 0 atom stereocenters. The van der Waals surface area contributed by atoms with Crippen LogP contribution in [0.25, 0.3) is 11.1 Å². The standard InChI is InChI=1S/C41H56O7/c1-2-42-24-10-8-6-4-3-5-7-9-11-25-46-39-21-19-38(20-22-39)37-17-14-35(15-18-37)12-13-36-16-23-40-41(34-36)48-33-31-45-29-27-43-26-28-44-30-32-47-40/h2,14-23,34H,1,3-13,24-33H2. The second kappa shape index (κ2) is 23.7. The average Bonchev–Trinajstić information content (AvgIpc) is 3.13. The van der Waals surface area contributed by atoms with Gasteiger partial charge in [-0.3, -0.25) is 0 Å². The molecule has 0 spiro atoms. The molecule has 4 rings (SSSR count). The van der Waals surface area contributed by atoms with Crippen molar-refractivity contribution >= 4 is 0 Å². The van der Waals surface area contributed by atoms with Gasteiger partial charge in [-0.05, 0) is 72.2 Å². The molecule has 0 aliphatic carbocycles. The number of fused-ring (bicyclic) bond motifs is 1. The van der Waals surface area contributed by atoms with E-state index < -0.39 is 0 Å². The van der Waals surface area contributed by atoms with Crippen molar-refractivity contribution in [2.45, 2.75) is 70.6 Å². The van der Waals surface area contributed by atoms with Gasteiger partial charge in [0, 0.05) is 0 Å². The summed E-state index contributed by atoms with van der Waals surface area (Å²) in [4.78, 5) is 0. The number of hydrogen-bond acceptors (Lipinski definition) is 7. The van der Waals surface area contributed by atoms with E-state index >= 15 is 0 Å². The van der Waals surface area contributed by atoms with Gasteiger partial charge in [0.1, 0.15) is 19.0 Å². The van der Waals surface area contributed by atoms with E-state index in [0.717, 1.165) is 56.1 Å². The topological polar surface area (TPSA) is 64.6 Å². The lowest BCUT2D eigenvalue weighted by Gasteiger charge is -2.14. The van der Waals surface area contributed by atoms with E-state index in [-0.39, 0.29) is 0 Å². The molecule has 1 heterocycles. The van der Waals surface area contributed by atoms with Crippen LogP contribution in [0, 0.1) is 0 Å². The zero-order valence-corrected chi connectivity index (χ0v) is 28.8. The highest BCUT2D eigenvalue weighted by Gasteiger charge is 2.09. The minimum absolute atomic E-state index is 0.458. The molecule has 7 heteroatoms. The van der Waals surface area contributed by atoms with Crippen LogP contribution < -0.4 is 14.2 Å². The van der Waals surface area contributed by atoms with Crippen LogP contribution in [-0.4, -0.2) is 66.1 Å². The Hall–Kier alpha value is -3.52. The second-order valence-electron chi connectivity index (χ2n) is 12.1. The molecule has 0 amide bonds. The normalized spacial score (nSPS) is 14.4. The zero-order valence-electron chi connectivity index (χ0n) is 28.8. The van der Waals surface area contributed by atoms with Gasteiger partial charge in [-0.15, -0.1) is 0 Å². The molecule has 0 N–H and O–H groups in total. The highest BCUT2D eigenvalue weighted by atomic mass is 16.6. The Morgan fingerprint density at radius 2 is 0.979 bits per heavy atom. The Morgan fingerprint density at radius 1 is 0.500 bits per heavy atom. The number of rotatable bonds is 18. The van der Waals surface area contributed by atoms with Crippen molar-refractivity contribution in [1.82, 2.24) is 0 Å². The maximum absolute atomic E-state index is 6.05. The Balaban J connectivity index is 1.14. The van der Waals surface area contributed by atoms with Gasteiger partial charge < -0.3 is 33.2 Å². The summed E-state index contributed by atoms with van der Waals surface area (Å²) in [6.07, 6.45) is 14.7. The van der Waals surface area contributed by atoms with E-state index in [4.69, 9.17) is 33.2 Å². The minimum Gasteiger partial charge on any atom is -0.502 e. The third-order valence-electron chi connectivity index (χ3n) is 8.36. The molecule has 262 valence electrons. The van der Waals surface area contributed by atoms with Crippen LogP contribution >= 0.6 is 0 Å². The Morgan fingerprint density at radius 3 is 1.58 bits per heavy atom. The molecule has 3 aromatic rings. The van der Waals surface area contributed by atoms with Gasteiger partial charge in [-0.1, -0.05) is 94.0 Å². The van der Waals surface area contributed by atoms with Gasteiger partial charge in [0.25, 0.3) is 0 Å². The molecule has 1 aliphatic heterocycles. The van der Waals surface area contributed by atoms with Gasteiger partial charge in [0.15, 0.2) is 11.5 Å². The lowest BCUT2D eigenvalue weighted by atomic mass is 10.00.